The van der Waals surface area contributed by atoms with Crippen LogP contribution in [0.4, 0.5) is 4.39 Å². The van der Waals surface area contributed by atoms with E-state index in [2.05, 4.69) is 36.2 Å². The standard InChI is InChI=1S/C27H28FN3O/c1-30(17-7-10-21-8-3-2-4-9-21)18-19-31-27(32)25-12-6-5-11-24(25)26(29-31)20-22-13-15-23(28)16-14-22/h2-6,8-9,11-16H,7,10,17-20H2,1H3. The summed E-state index contributed by atoms with van der Waals surface area (Å²) in [7, 11) is 2.08. The van der Waals surface area contributed by atoms with Crippen LogP contribution in [0.2, 0.25) is 0 Å². The maximum atomic E-state index is 13.3. The summed E-state index contributed by atoms with van der Waals surface area (Å²) in [6.07, 6.45) is 2.66. The first-order valence-corrected chi connectivity index (χ1v) is 11.1. The summed E-state index contributed by atoms with van der Waals surface area (Å²) in [4.78, 5) is 15.3. The van der Waals surface area contributed by atoms with E-state index < -0.39 is 0 Å². The molecule has 32 heavy (non-hydrogen) atoms. The zero-order valence-corrected chi connectivity index (χ0v) is 18.4. The van der Waals surface area contributed by atoms with Crippen LogP contribution < -0.4 is 5.56 Å². The van der Waals surface area contributed by atoms with Crippen molar-refractivity contribution in [1.82, 2.24) is 14.7 Å². The topological polar surface area (TPSA) is 38.1 Å². The van der Waals surface area contributed by atoms with Gasteiger partial charge in [0.25, 0.3) is 5.56 Å². The molecule has 0 unspecified atom stereocenters. The summed E-state index contributed by atoms with van der Waals surface area (Å²) in [5, 5.41) is 6.23. The fourth-order valence-electron chi connectivity index (χ4n) is 3.96. The molecule has 3 aromatic carbocycles. The molecule has 0 aliphatic carbocycles. The average Bonchev–Trinajstić information content (AvgIpc) is 2.82. The highest BCUT2D eigenvalue weighted by Crippen LogP contribution is 2.17. The number of fused-ring (bicyclic) bond motifs is 1. The Bertz CT molecular complexity index is 1220. The summed E-state index contributed by atoms with van der Waals surface area (Å²) in [6.45, 7) is 2.23. The number of halogens is 1. The van der Waals surface area contributed by atoms with Crippen LogP contribution in [0, 0.1) is 5.82 Å². The monoisotopic (exact) mass is 429 g/mol. The van der Waals surface area contributed by atoms with E-state index in [0.717, 1.165) is 42.6 Å². The summed E-state index contributed by atoms with van der Waals surface area (Å²) < 4.78 is 14.9. The van der Waals surface area contributed by atoms with Crippen molar-refractivity contribution in [2.24, 2.45) is 0 Å². The minimum atomic E-state index is -0.258. The van der Waals surface area contributed by atoms with Gasteiger partial charge in [0.05, 0.1) is 17.6 Å². The van der Waals surface area contributed by atoms with Gasteiger partial charge in [-0.25, -0.2) is 9.07 Å². The molecule has 0 atom stereocenters. The molecule has 0 fully saturated rings. The maximum absolute atomic E-state index is 13.3. The molecular weight excluding hydrogens is 401 g/mol. The third kappa shape index (κ3) is 5.48. The second kappa shape index (κ2) is 10.3. The van der Waals surface area contributed by atoms with Gasteiger partial charge in [0.15, 0.2) is 0 Å². The van der Waals surface area contributed by atoms with Gasteiger partial charge in [0.2, 0.25) is 0 Å². The van der Waals surface area contributed by atoms with Crippen LogP contribution in [0.1, 0.15) is 23.2 Å². The zero-order valence-electron chi connectivity index (χ0n) is 18.4. The molecule has 4 rings (SSSR count). The van der Waals surface area contributed by atoms with Crippen LogP contribution in [0.3, 0.4) is 0 Å². The van der Waals surface area contributed by atoms with Crippen LogP contribution in [0.25, 0.3) is 10.8 Å². The third-order valence-electron chi connectivity index (χ3n) is 5.77. The summed E-state index contributed by atoms with van der Waals surface area (Å²) in [5.74, 6) is -0.258. The van der Waals surface area contributed by atoms with Crippen LogP contribution >= 0.6 is 0 Å². The molecule has 0 N–H and O–H groups in total. The van der Waals surface area contributed by atoms with E-state index >= 15 is 0 Å². The van der Waals surface area contributed by atoms with Gasteiger partial charge in [-0.15, -0.1) is 0 Å². The van der Waals surface area contributed by atoms with E-state index in [1.807, 2.05) is 30.3 Å². The molecule has 0 aliphatic rings. The second-order valence-electron chi connectivity index (χ2n) is 8.22. The van der Waals surface area contributed by atoms with Crippen LogP contribution in [-0.2, 0) is 19.4 Å². The minimum absolute atomic E-state index is 0.0684. The number of benzene rings is 3. The minimum Gasteiger partial charge on any atom is -0.305 e. The van der Waals surface area contributed by atoms with Crippen LogP contribution in [-0.4, -0.2) is 34.8 Å². The Hall–Kier alpha value is -3.31. The maximum Gasteiger partial charge on any atom is 0.274 e. The number of hydrogen-bond donors (Lipinski definition) is 0. The van der Waals surface area contributed by atoms with Crippen molar-refractivity contribution in [3.05, 3.63) is 112 Å². The van der Waals surface area contributed by atoms with Gasteiger partial charge in [-0.05, 0) is 55.8 Å². The molecule has 0 saturated carbocycles. The van der Waals surface area contributed by atoms with Gasteiger partial charge in [-0.2, -0.15) is 5.10 Å². The summed E-state index contributed by atoms with van der Waals surface area (Å²) in [5.41, 5.74) is 3.07. The highest BCUT2D eigenvalue weighted by molar-refractivity contribution is 5.83. The predicted molar refractivity (Wildman–Crippen MR) is 127 cm³/mol. The van der Waals surface area contributed by atoms with Gasteiger partial charge in [-0.1, -0.05) is 60.7 Å². The van der Waals surface area contributed by atoms with Crippen molar-refractivity contribution in [1.29, 1.82) is 0 Å². The Labute approximate surface area is 187 Å². The molecule has 0 aliphatic heterocycles. The lowest BCUT2D eigenvalue weighted by atomic mass is 10.0. The number of aromatic nitrogens is 2. The fraction of sp³-hybridized carbons (Fsp3) is 0.259. The van der Waals surface area contributed by atoms with Crippen molar-refractivity contribution in [2.75, 3.05) is 20.1 Å². The molecule has 1 aromatic heterocycles. The van der Waals surface area contributed by atoms with E-state index in [1.54, 1.807) is 16.8 Å². The molecule has 1 heterocycles. The van der Waals surface area contributed by atoms with Crippen molar-refractivity contribution in [3.8, 4) is 0 Å². The van der Waals surface area contributed by atoms with Gasteiger partial charge < -0.3 is 4.90 Å². The lowest BCUT2D eigenvalue weighted by Crippen LogP contribution is -2.31. The van der Waals surface area contributed by atoms with E-state index in [4.69, 9.17) is 5.10 Å². The van der Waals surface area contributed by atoms with E-state index in [1.165, 1.54) is 17.7 Å². The van der Waals surface area contributed by atoms with Crippen molar-refractivity contribution < 1.29 is 4.39 Å². The third-order valence-corrected chi connectivity index (χ3v) is 5.77. The molecule has 164 valence electrons. The number of aryl methyl sites for hydroxylation is 1. The Morgan fingerprint density at radius 1 is 0.844 bits per heavy atom. The highest BCUT2D eigenvalue weighted by Gasteiger charge is 2.12. The van der Waals surface area contributed by atoms with Crippen molar-refractivity contribution >= 4 is 10.8 Å². The fourth-order valence-corrected chi connectivity index (χ4v) is 3.96. The van der Waals surface area contributed by atoms with Gasteiger partial charge in [-0.3, -0.25) is 4.79 Å². The van der Waals surface area contributed by atoms with Gasteiger partial charge in [0, 0.05) is 18.4 Å². The van der Waals surface area contributed by atoms with Crippen LogP contribution in [0.15, 0.2) is 83.7 Å². The van der Waals surface area contributed by atoms with E-state index in [-0.39, 0.29) is 11.4 Å². The summed E-state index contributed by atoms with van der Waals surface area (Å²) >= 11 is 0. The number of likely N-dealkylation sites (N-methyl/N-ethyl adjacent to an activating group) is 1. The molecule has 5 heteroatoms. The first kappa shape index (κ1) is 21.9. The Morgan fingerprint density at radius 2 is 1.53 bits per heavy atom. The normalized spacial score (nSPS) is 11.3. The lowest BCUT2D eigenvalue weighted by Gasteiger charge is -2.18. The van der Waals surface area contributed by atoms with E-state index in [0.29, 0.717) is 18.4 Å². The first-order chi connectivity index (χ1) is 15.6. The quantitative estimate of drug-likeness (QED) is 0.387. The average molecular weight is 430 g/mol. The SMILES string of the molecule is CN(CCCc1ccccc1)CCn1nc(Cc2ccc(F)cc2)c2ccccc2c1=O. The van der Waals surface area contributed by atoms with Gasteiger partial charge >= 0.3 is 0 Å². The molecule has 0 radical (unpaired) electrons. The number of nitrogens with zero attached hydrogens (tertiary/aromatic N) is 3. The Kier molecular flexibility index (Phi) is 7.07. The molecule has 4 nitrogen and oxygen atoms in total. The Balaban J connectivity index is 1.46. The number of rotatable bonds is 9. The smallest absolute Gasteiger partial charge is 0.274 e. The van der Waals surface area contributed by atoms with E-state index in [9.17, 15) is 9.18 Å². The predicted octanol–water partition coefficient (Wildman–Crippen LogP) is 4.69. The molecule has 4 aromatic rings. The lowest BCUT2D eigenvalue weighted by molar-refractivity contribution is 0.305. The second-order valence-corrected chi connectivity index (χ2v) is 8.22. The van der Waals surface area contributed by atoms with Gasteiger partial charge in [0.1, 0.15) is 5.82 Å². The van der Waals surface area contributed by atoms with Crippen molar-refractivity contribution in [2.45, 2.75) is 25.8 Å². The molecule has 0 amide bonds. The zero-order chi connectivity index (χ0) is 22.3. The number of hydrogen-bond acceptors (Lipinski definition) is 3. The summed E-state index contributed by atoms with van der Waals surface area (Å²) in [6, 6.07) is 24.5. The van der Waals surface area contributed by atoms with Crippen molar-refractivity contribution in [3.63, 3.8) is 0 Å². The Morgan fingerprint density at radius 3 is 2.28 bits per heavy atom. The first-order valence-electron chi connectivity index (χ1n) is 11.1. The van der Waals surface area contributed by atoms with Crippen LogP contribution in [0.5, 0.6) is 0 Å². The molecule has 0 spiro atoms. The molecular formula is C27H28FN3O. The molecule has 0 saturated heterocycles. The molecule has 0 bridgehead atoms. The largest absolute Gasteiger partial charge is 0.305 e. The highest BCUT2D eigenvalue weighted by atomic mass is 19.1.